The fraction of sp³-hybridized carbons (Fsp3) is 0.457. The van der Waals surface area contributed by atoms with Gasteiger partial charge < -0.3 is 44.0 Å². The highest BCUT2D eigenvalue weighted by atomic mass is 16.7. The Morgan fingerprint density at radius 3 is 2.20 bits per heavy atom. The SMILES string of the molecule is CCOC(CCCNC(=O)C1[C@@H](c2ccccc2)[C@]2(c3ccc(OC)cc3)Oc3cc(OC)cc(OC)c3[C@]2(O)[C@H]1O)OCC. The quantitative estimate of drug-likeness (QED) is 0.179. The number of nitrogens with one attached hydrogen (secondary N) is 1. The Balaban J connectivity index is 1.62. The average Bonchev–Trinajstić information content (AvgIpc) is 3.45. The van der Waals surface area contributed by atoms with E-state index in [2.05, 4.69) is 5.32 Å². The third-order valence-electron chi connectivity index (χ3n) is 8.88. The van der Waals surface area contributed by atoms with Crippen LogP contribution >= 0.6 is 0 Å². The summed E-state index contributed by atoms with van der Waals surface area (Å²) in [6.07, 6.45) is -0.769. The van der Waals surface area contributed by atoms with E-state index in [0.29, 0.717) is 55.4 Å². The first kappa shape index (κ1) is 32.6. The number of carbonyl (C=O) groups is 1. The first-order valence-corrected chi connectivity index (χ1v) is 15.4. The number of fused-ring (bicyclic) bond motifs is 3. The second kappa shape index (κ2) is 13.7. The van der Waals surface area contributed by atoms with Gasteiger partial charge in [-0.15, -0.1) is 0 Å². The number of aliphatic hydroxyl groups is 2. The first-order chi connectivity index (χ1) is 21.8. The van der Waals surface area contributed by atoms with E-state index in [1.54, 1.807) is 43.5 Å². The van der Waals surface area contributed by atoms with Crippen molar-refractivity contribution in [2.45, 2.75) is 56.2 Å². The number of amides is 1. The van der Waals surface area contributed by atoms with E-state index in [-0.39, 0.29) is 17.6 Å². The summed E-state index contributed by atoms with van der Waals surface area (Å²) in [5, 5.41) is 28.3. The maximum absolute atomic E-state index is 14.2. The smallest absolute Gasteiger partial charge is 0.226 e. The van der Waals surface area contributed by atoms with Crippen LogP contribution in [0, 0.1) is 5.92 Å². The second-order valence-electron chi connectivity index (χ2n) is 11.2. The third kappa shape index (κ3) is 5.50. The fourth-order valence-corrected chi connectivity index (χ4v) is 6.98. The van der Waals surface area contributed by atoms with Crippen LogP contribution in [0.15, 0.2) is 66.7 Å². The van der Waals surface area contributed by atoms with Gasteiger partial charge in [-0.1, -0.05) is 42.5 Å². The molecule has 5 atom stereocenters. The molecule has 1 amide bonds. The van der Waals surface area contributed by atoms with Gasteiger partial charge in [0.1, 0.15) is 29.1 Å². The summed E-state index contributed by atoms with van der Waals surface area (Å²) in [4.78, 5) is 14.2. The van der Waals surface area contributed by atoms with Gasteiger partial charge in [0.25, 0.3) is 0 Å². The zero-order valence-electron chi connectivity index (χ0n) is 26.4. The van der Waals surface area contributed by atoms with E-state index < -0.39 is 35.0 Å². The monoisotopic (exact) mass is 621 g/mol. The largest absolute Gasteiger partial charge is 0.497 e. The van der Waals surface area contributed by atoms with Gasteiger partial charge in [0.05, 0.1) is 32.8 Å². The minimum absolute atomic E-state index is 0.251. The van der Waals surface area contributed by atoms with Crippen LogP contribution in [0.4, 0.5) is 0 Å². The predicted octanol–water partition coefficient (Wildman–Crippen LogP) is 4.26. The van der Waals surface area contributed by atoms with Crippen LogP contribution in [0.1, 0.15) is 49.3 Å². The number of hydrogen-bond donors (Lipinski definition) is 3. The molecular formula is C35H43NO9. The van der Waals surface area contributed by atoms with Crippen molar-refractivity contribution in [3.63, 3.8) is 0 Å². The molecule has 45 heavy (non-hydrogen) atoms. The molecule has 1 unspecified atom stereocenters. The molecule has 3 N–H and O–H groups in total. The molecular weight excluding hydrogens is 578 g/mol. The van der Waals surface area contributed by atoms with E-state index in [4.69, 9.17) is 28.4 Å². The highest BCUT2D eigenvalue weighted by molar-refractivity contribution is 5.83. The lowest BCUT2D eigenvalue weighted by Crippen LogP contribution is -2.52. The molecule has 0 bridgehead atoms. The molecule has 1 aliphatic carbocycles. The van der Waals surface area contributed by atoms with Gasteiger partial charge in [-0.2, -0.15) is 0 Å². The van der Waals surface area contributed by atoms with Crippen LogP contribution in [0.2, 0.25) is 0 Å². The highest BCUT2D eigenvalue weighted by Crippen LogP contribution is 2.70. The van der Waals surface area contributed by atoms with Crippen molar-refractivity contribution in [3.8, 4) is 23.0 Å². The van der Waals surface area contributed by atoms with Gasteiger partial charge in [-0.05, 0) is 43.5 Å². The number of ether oxygens (including phenoxy) is 6. The first-order valence-electron chi connectivity index (χ1n) is 15.4. The number of carbonyl (C=O) groups excluding carboxylic acids is 1. The molecule has 5 rings (SSSR count). The summed E-state index contributed by atoms with van der Waals surface area (Å²) in [6, 6.07) is 19.8. The van der Waals surface area contributed by atoms with E-state index in [0.717, 1.165) is 5.56 Å². The Morgan fingerprint density at radius 1 is 0.933 bits per heavy atom. The number of methoxy groups -OCH3 is 3. The predicted molar refractivity (Wildman–Crippen MR) is 167 cm³/mol. The molecule has 0 radical (unpaired) electrons. The molecule has 1 fully saturated rings. The lowest BCUT2D eigenvalue weighted by atomic mass is 9.70. The van der Waals surface area contributed by atoms with Crippen molar-refractivity contribution in [3.05, 3.63) is 83.4 Å². The number of hydrogen-bond acceptors (Lipinski definition) is 9. The zero-order valence-corrected chi connectivity index (χ0v) is 26.4. The van der Waals surface area contributed by atoms with Gasteiger partial charge in [-0.25, -0.2) is 0 Å². The molecule has 0 spiro atoms. The summed E-state index contributed by atoms with van der Waals surface area (Å²) in [6.45, 7) is 5.18. The maximum atomic E-state index is 14.2. The van der Waals surface area contributed by atoms with E-state index in [9.17, 15) is 15.0 Å². The van der Waals surface area contributed by atoms with Gasteiger partial charge in [-0.3, -0.25) is 4.79 Å². The van der Waals surface area contributed by atoms with Crippen molar-refractivity contribution in [1.82, 2.24) is 5.32 Å². The number of aliphatic hydroxyl groups excluding tert-OH is 1. The Hall–Kier alpha value is -3.83. The van der Waals surface area contributed by atoms with Crippen LogP contribution in [0.3, 0.4) is 0 Å². The standard InChI is InChI=1S/C35H43NO9/c1-6-43-28(44-7-2)14-11-19-36-33(38)29-30(22-12-9-8-10-13-22)35(23-15-17-24(40-3)18-16-23)34(39,32(29)37)31-26(42-5)20-25(41-4)21-27(31)45-35/h8-10,12-13,15-18,20-21,28-30,32,37,39H,6-7,11,14,19H2,1-5H3,(H,36,38)/t29?,30-,32+,34+,35+/m1/s1. The van der Waals surface area contributed by atoms with Crippen LogP contribution in [-0.2, 0) is 25.5 Å². The molecule has 1 heterocycles. The Bertz CT molecular complexity index is 1440. The topological polar surface area (TPSA) is 125 Å². The molecule has 10 heteroatoms. The molecule has 0 saturated heterocycles. The number of benzene rings is 3. The van der Waals surface area contributed by atoms with Crippen LogP contribution in [-0.4, -0.2) is 69.6 Å². The normalized spacial score (nSPS) is 24.9. The summed E-state index contributed by atoms with van der Waals surface area (Å²) >= 11 is 0. The van der Waals surface area contributed by atoms with Crippen LogP contribution in [0.5, 0.6) is 23.0 Å². The van der Waals surface area contributed by atoms with Crippen molar-refractivity contribution >= 4 is 5.91 Å². The Morgan fingerprint density at radius 2 is 1.60 bits per heavy atom. The second-order valence-corrected chi connectivity index (χ2v) is 11.2. The zero-order chi connectivity index (χ0) is 32.2. The molecule has 1 saturated carbocycles. The van der Waals surface area contributed by atoms with Crippen molar-refractivity contribution < 1.29 is 43.4 Å². The lowest BCUT2D eigenvalue weighted by molar-refractivity contribution is -0.154. The lowest BCUT2D eigenvalue weighted by Gasteiger charge is -2.40. The fourth-order valence-electron chi connectivity index (χ4n) is 6.98. The Kier molecular flexibility index (Phi) is 9.88. The van der Waals surface area contributed by atoms with E-state index in [1.807, 2.05) is 44.2 Å². The van der Waals surface area contributed by atoms with Crippen LogP contribution < -0.4 is 24.3 Å². The molecule has 3 aromatic rings. The third-order valence-corrected chi connectivity index (χ3v) is 8.88. The number of rotatable bonds is 14. The molecule has 1 aliphatic heterocycles. The highest BCUT2D eigenvalue weighted by Gasteiger charge is 2.78. The van der Waals surface area contributed by atoms with Crippen molar-refractivity contribution in [2.75, 3.05) is 41.1 Å². The van der Waals surface area contributed by atoms with Gasteiger partial charge in [0.15, 0.2) is 17.5 Å². The summed E-state index contributed by atoms with van der Waals surface area (Å²) < 4.78 is 34.8. The molecule has 2 aliphatic rings. The summed E-state index contributed by atoms with van der Waals surface area (Å²) in [7, 11) is 4.57. The Labute approximate surface area is 264 Å². The van der Waals surface area contributed by atoms with Crippen LogP contribution in [0.25, 0.3) is 0 Å². The van der Waals surface area contributed by atoms with Gasteiger partial charge in [0, 0.05) is 44.2 Å². The summed E-state index contributed by atoms with van der Waals surface area (Å²) in [5.74, 6) is -0.711. The van der Waals surface area contributed by atoms with Crippen molar-refractivity contribution in [2.24, 2.45) is 5.92 Å². The molecule has 3 aromatic carbocycles. The van der Waals surface area contributed by atoms with E-state index >= 15 is 0 Å². The van der Waals surface area contributed by atoms with Crippen molar-refractivity contribution in [1.29, 1.82) is 0 Å². The van der Waals surface area contributed by atoms with Gasteiger partial charge >= 0.3 is 0 Å². The summed E-state index contributed by atoms with van der Waals surface area (Å²) in [5.41, 5.74) is -2.22. The maximum Gasteiger partial charge on any atom is 0.226 e. The molecule has 242 valence electrons. The van der Waals surface area contributed by atoms with E-state index in [1.165, 1.54) is 14.2 Å². The molecule has 10 nitrogen and oxygen atoms in total. The molecule has 0 aromatic heterocycles. The average molecular weight is 622 g/mol. The minimum Gasteiger partial charge on any atom is -0.497 e. The minimum atomic E-state index is -2.11. The van der Waals surface area contributed by atoms with Gasteiger partial charge in [0.2, 0.25) is 5.91 Å².